The molecule has 1 aliphatic heterocycles. The van der Waals surface area contributed by atoms with Crippen LogP contribution in [0, 0.1) is 5.41 Å². The molecule has 3 heterocycles. The highest BCUT2D eigenvalue weighted by Crippen LogP contribution is 2.30. The van der Waals surface area contributed by atoms with Gasteiger partial charge in [-0.2, -0.15) is 0 Å². The quantitative estimate of drug-likeness (QED) is 0.769. The van der Waals surface area contributed by atoms with E-state index in [1.165, 1.54) is 6.39 Å². The summed E-state index contributed by atoms with van der Waals surface area (Å²) in [5, 5.41) is 4.09. The summed E-state index contributed by atoms with van der Waals surface area (Å²) in [6.07, 6.45) is 3.45. The highest BCUT2D eigenvalue weighted by atomic mass is 16.3. The molecule has 140 valence electrons. The smallest absolute Gasteiger partial charge is 0.274 e. The minimum Gasteiger partial charge on any atom is -0.441 e. The van der Waals surface area contributed by atoms with Gasteiger partial charge in [0, 0.05) is 11.9 Å². The summed E-state index contributed by atoms with van der Waals surface area (Å²) in [6.45, 7) is 4.98. The molecule has 0 unspecified atom stereocenters. The Labute approximate surface area is 158 Å². The molecule has 0 spiro atoms. The number of piperidine rings is 1. The van der Waals surface area contributed by atoms with Crippen molar-refractivity contribution in [3.05, 3.63) is 48.5 Å². The van der Waals surface area contributed by atoms with E-state index >= 15 is 0 Å². The van der Waals surface area contributed by atoms with Gasteiger partial charge in [0.15, 0.2) is 17.8 Å². The maximum absolute atomic E-state index is 12.7. The number of oxazole rings is 1. The Morgan fingerprint density at radius 3 is 2.81 bits per heavy atom. The fourth-order valence-corrected chi connectivity index (χ4v) is 3.49. The molecule has 0 saturated carbocycles. The van der Waals surface area contributed by atoms with Crippen LogP contribution in [0.3, 0.4) is 0 Å². The Hall–Kier alpha value is -2.73. The number of nitrogens with one attached hydrogen (secondary N) is 1. The van der Waals surface area contributed by atoms with Crippen molar-refractivity contribution >= 4 is 16.8 Å². The minimum atomic E-state index is -0.214. The average molecular weight is 364 g/mol. The van der Waals surface area contributed by atoms with E-state index in [4.69, 9.17) is 4.42 Å². The predicted octanol–water partition coefficient (Wildman–Crippen LogP) is 3.35. The predicted molar refractivity (Wildman–Crippen MR) is 104 cm³/mol. The number of nitrogens with zero attached hydrogens (tertiary/aromatic N) is 3. The third kappa shape index (κ3) is 3.71. The number of hydrogen-bond donors (Lipinski definition) is 1. The van der Waals surface area contributed by atoms with Crippen molar-refractivity contribution in [3.63, 3.8) is 0 Å². The van der Waals surface area contributed by atoms with Gasteiger partial charge in [-0.05, 0) is 50.5 Å². The van der Waals surface area contributed by atoms with Crippen LogP contribution in [0.2, 0.25) is 0 Å². The van der Waals surface area contributed by atoms with Crippen LogP contribution in [0.15, 0.2) is 47.2 Å². The number of fused-ring (bicyclic) bond motifs is 1. The van der Waals surface area contributed by atoms with Crippen LogP contribution in [-0.4, -0.2) is 47.5 Å². The van der Waals surface area contributed by atoms with E-state index in [1.54, 1.807) is 0 Å². The molecule has 2 aromatic heterocycles. The van der Waals surface area contributed by atoms with Crippen LogP contribution in [0.1, 0.15) is 30.3 Å². The number of hydrogen-bond acceptors (Lipinski definition) is 5. The number of aromatic nitrogens is 2. The molecule has 1 saturated heterocycles. The Balaban J connectivity index is 1.51. The Morgan fingerprint density at radius 1 is 1.22 bits per heavy atom. The van der Waals surface area contributed by atoms with E-state index in [0.29, 0.717) is 18.0 Å². The number of amides is 1. The monoisotopic (exact) mass is 364 g/mol. The number of rotatable bonds is 4. The molecular formula is C21H24N4O2. The molecule has 27 heavy (non-hydrogen) atoms. The Bertz CT molecular complexity index is 957. The van der Waals surface area contributed by atoms with E-state index in [-0.39, 0.29) is 17.0 Å². The largest absolute Gasteiger partial charge is 0.441 e. The summed E-state index contributed by atoms with van der Waals surface area (Å²) in [7, 11) is 2.14. The molecule has 0 atom stereocenters. The van der Waals surface area contributed by atoms with Crippen LogP contribution < -0.4 is 5.32 Å². The fraction of sp³-hybridized carbons (Fsp3) is 0.381. The molecule has 1 fully saturated rings. The van der Waals surface area contributed by atoms with Crippen LogP contribution in [-0.2, 0) is 0 Å². The molecule has 1 N–H and O–H groups in total. The molecule has 6 heteroatoms. The Morgan fingerprint density at radius 2 is 2.00 bits per heavy atom. The van der Waals surface area contributed by atoms with Gasteiger partial charge in [0.1, 0.15) is 5.69 Å². The van der Waals surface area contributed by atoms with Crippen LogP contribution in [0.5, 0.6) is 0 Å². The SMILES string of the molecule is CN1CCC(C)(CNC(=O)c2ncoc2-c2ccc3ccccc3n2)CC1. The lowest BCUT2D eigenvalue weighted by Gasteiger charge is -2.37. The zero-order valence-corrected chi connectivity index (χ0v) is 15.7. The fourth-order valence-electron chi connectivity index (χ4n) is 3.49. The zero-order valence-electron chi connectivity index (χ0n) is 15.7. The molecule has 3 aromatic rings. The maximum atomic E-state index is 12.7. The number of para-hydroxylation sites is 1. The number of carbonyl (C=O) groups excluding carboxylic acids is 1. The van der Waals surface area contributed by atoms with E-state index in [9.17, 15) is 4.79 Å². The van der Waals surface area contributed by atoms with Gasteiger partial charge in [-0.25, -0.2) is 9.97 Å². The highest BCUT2D eigenvalue weighted by molar-refractivity contribution is 5.97. The summed E-state index contributed by atoms with van der Waals surface area (Å²) >= 11 is 0. The molecule has 0 radical (unpaired) electrons. The third-order valence-corrected chi connectivity index (χ3v) is 5.48. The second-order valence-corrected chi connectivity index (χ2v) is 7.72. The lowest BCUT2D eigenvalue weighted by atomic mass is 9.80. The van der Waals surface area contributed by atoms with E-state index < -0.39 is 0 Å². The first-order valence-corrected chi connectivity index (χ1v) is 9.30. The first-order chi connectivity index (χ1) is 13.0. The van der Waals surface area contributed by atoms with Gasteiger partial charge in [-0.3, -0.25) is 4.79 Å². The lowest BCUT2D eigenvalue weighted by molar-refractivity contribution is 0.0887. The van der Waals surface area contributed by atoms with E-state index in [0.717, 1.165) is 36.8 Å². The third-order valence-electron chi connectivity index (χ3n) is 5.48. The van der Waals surface area contributed by atoms with Crippen molar-refractivity contribution in [3.8, 4) is 11.5 Å². The molecule has 0 aliphatic carbocycles. The molecular weight excluding hydrogens is 340 g/mol. The number of pyridine rings is 1. The van der Waals surface area contributed by atoms with Crippen molar-refractivity contribution in [1.82, 2.24) is 20.2 Å². The second-order valence-electron chi connectivity index (χ2n) is 7.72. The van der Waals surface area contributed by atoms with E-state index in [2.05, 4.69) is 34.2 Å². The second kappa shape index (κ2) is 7.12. The molecule has 4 rings (SSSR count). The number of likely N-dealkylation sites (tertiary alicyclic amines) is 1. The number of carbonyl (C=O) groups is 1. The van der Waals surface area contributed by atoms with Crippen molar-refractivity contribution in [2.24, 2.45) is 5.41 Å². The summed E-state index contributed by atoms with van der Waals surface area (Å²) in [6, 6.07) is 11.7. The summed E-state index contributed by atoms with van der Waals surface area (Å²) < 4.78 is 5.51. The highest BCUT2D eigenvalue weighted by Gasteiger charge is 2.30. The lowest BCUT2D eigenvalue weighted by Crippen LogP contribution is -2.43. The van der Waals surface area contributed by atoms with E-state index in [1.807, 2.05) is 36.4 Å². The first kappa shape index (κ1) is 17.7. The van der Waals surface area contributed by atoms with Crippen molar-refractivity contribution in [2.75, 3.05) is 26.7 Å². The maximum Gasteiger partial charge on any atom is 0.274 e. The van der Waals surface area contributed by atoms with Crippen LogP contribution >= 0.6 is 0 Å². The molecule has 6 nitrogen and oxygen atoms in total. The van der Waals surface area contributed by atoms with Crippen molar-refractivity contribution in [1.29, 1.82) is 0 Å². The standard InChI is InChI=1S/C21H24N4O2/c1-21(9-11-25(2)12-10-21)13-22-20(26)18-19(27-14-23-18)17-8-7-15-5-3-4-6-16(15)24-17/h3-8,14H,9-13H2,1-2H3,(H,22,26). The first-order valence-electron chi connectivity index (χ1n) is 9.30. The van der Waals surface area contributed by atoms with Gasteiger partial charge >= 0.3 is 0 Å². The summed E-state index contributed by atoms with van der Waals surface area (Å²) in [5.74, 6) is 0.195. The molecule has 1 aromatic carbocycles. The van der Waals surface area contributed by atoms with Crippen LogP contribution in [0.25, 0.3) is 22.4 Å². The van der Waals surface area contributed by atoms with Gasteiger partial charge in [-0.1, -0.05) is 31.2 Å². The van der Waals surface area contributed by atoms with Crippen molar-refractivity contribution < 1.29 is 9.21 Å². The van der Waals surface area contributed by atoms with Crippen molar-refractivity contribution in [2.45, 2.75) is 19.8 Å². The molecule has 1 amide bonds. The summed E-state index contributed by atoms with van der Waals surface area (Å²) in [5.41, 5.74) is 1.88. The normalized spacial score (nSPS) is 17.1. The van der Waals surface area contributed by atoms with Gasteiger partial charge < -0.3 is 14.6 Å². The molecule has 0 bridgehead atoms. The van der Waals surface area contributed by atoms with Gasteiger partial charge in [-0.15, -0.1) is 0 Å². The van der Waals surface area contributed by atoms with Crippen LogP contribution in [0.4, 0.5) is 0 Å². The zero-order chi connectivity index (χ0) is 18.9. The summed E-state index contributed by atoms with van der Waals surface area (Å²) in [4.78, 5) is 23.8. The number of benzene rings is 1. The Kier molecular flexibility index (Phi) is 4.66. The van der Waals surface area contributed by atoms with Gasteiger partial charge in [0.2, 0.25) is 0 Å². The minimum absolute atomic E-state index is 0.118. The average Bonchev–Trinajstić information content (AvgIpc) is 3.18. The topological polar surface area (TPSA) is 71.3 Å². The van der Waals surface area contributed by atoms with Gasteiger partial charge in [0.25, 0.3) is 5.91 Å². The van der Waals surface area contributed by atoms with Gasteiger partial charge in [0.05, 0.1) is 5.52 Å². The molecule has 1 aliphatic rings.